The Kier molecular flexibility index (Phi) is 5.79. The van der Waals surface area contributed by atoms with Crippen molar-refractivity contribution in [2.75, 3.05) is 0 Å². The van der Waals surface area contributed by atoms with Gasteiger partial charge in [-0.15, -0.1) is 0 Å². The van der Waals surface area contributed by atoms with Crippen LogP contribution in [0.5, 0.6) is 0 Å². The van der Waals surface area contributed by atoms with Gasteiger partial charge < -0.3 is 0 Å². The maximum absolute atomic E-state index is 12.3. The Morgan fingerprint density at radius 3 is 2.11 bits per heavy atom. The third-order valence-corrected chi connectivity index (χ3v) is 6.77. The first-order chi connectivity index (χ1) is 12.9. The molecule has 2 aromatic carbocycles. The zero-order valence-corrected chi connectivity index (χ0v) is 16.5. The Labute approximate surface area is 161 Å². The highest BCUT2D eigenvalue weighted by molar-refractivity contribution is 7.90. The molecule has 0 heterocycles. The third-order valence-electron chi connectivity index (χ3n) is 4.91. The van der Waals surface area contributed by atoms with Gasteiger partial charge in [0.05, 0.1) is 11.8 Å². The van der Waals surface area contributed by atoms with E-state index >= 15 is 0 Å². The lowest BCUT2D eigenvalue weighted by atomic mass is 9.89. The van der Waals surface area contributed by atoms with Crippen molar-refractivity contribution in [1.29, 1.82) is 0 Å². The number of allylic oxidation sites excluding steroid dienone is 1. The number of benzene rings is 2. The largest absolute Gasteiger partial charge is 0.238 e. The van der Waals surface area contributed by atoms with E-state index in [2.05, 4.69) is 15.6 Å². The van der Waals surface area contributed by atoms with Crippen LogP contribution in [0.15, 0.2) is 54.6 Å². The minimum Gasteiger partial charge on any atom is -0.238 e. The van der Waals surface area contributed by atoms with Crippen molar-refractivity contribution in [3.8, 4) is 11.1 Å². The molecule has 0 saturated heterocycles. The van der Waals surface area contributed by atoms with Crippen molar-refractivity contribution in [2.45, 2.75) is 44.4 Å². The van der Waals surface area contributed by atoms with Gasteiger partial charge in [0.1, 0.15) is 0 Å². The number of rotatable bonds is 5. The van der Waals surface area contributed by atoms with Crippen LogP contribution in [0.2, 0.25) is 0 Å². The molecule has 0 spiro atoms. The Balaban J connectivity index is 1.84. The molecule has 0 saturated carbocycles. The van der Waals surface area contributed by atoms with E-state index in [1.807, 2.05) is 48.5 Å². The highest BCUT2D eigenvalue weighted by atomic mass is 32.2. The van der Waals surface area contributed by atoms with E-state index in [0.717, 1.165) is 41.5 Å². The molecule has 3 rings (SSSR count). The number of sulfonamides is 1. The Morgan fingerprint density at radius 2 is 1.56 bits per heavy atom. The molecule has 2 aromatic rings. The average molecular weight is 381 g/mol. The molecule has 1 atom stereocenters. The van der Waals surface area contributed by atoms with E-state index in [-0.39, 0.29) is 6.04 Å². The van der Waals surface area contributed by atoms with Gasteiger partial charge in [0.15, 0.2) is 5.69 Å². The van der Waals surface area contributed by atoms with Gasteiger partial charge in [-0.3, -0.25) is 0 Å². The lowest BCUT2D eigenvalue weighted by Crippen LogP contribution is -2.40. The number of hydrogen-bond donors (Lipinski definition) is 1. The lowest BCUT2D eigenvalue weighted by Gasteiger charge is -2.26. The summed E-state index contributed by atoms with van der Waals surface area (Å²) in [6.45, 7) is 10.4. The van der Waals surface area contributed by atoms with Crippen LogP contribution >= 0.6 is 0 Å². The van der Waals surface area contributed by atoms with Crippen LogP contribution in [0.3, 0.4) is 0 Å². The Bertz CT molecular complexity index is 966. The summed E-state index contributed by atoms with van der Waals surface area (Å²) in [5.41, 5.74) is 4.87. The van der Waals surface area contributed by atoms with Gasteiger partial charge in [-0.05, 0) is 55.4 Å². The molecule has 0 radical (unpaired) electrons. The highest BCUT2D eigenvalue weighted by Crippen LogP contribution is 2.30. The van der Waals surface area contributed by atoms with Crippen molar-refractivity contribution in [3.63, 3.8) is 0 Å². The normalized spacial score (nSPS) is 17.4. The van der Waals surface area contributed by atoms with E-state index in [4.69, 9.17) is 6.57 Å². The first kappa shape index (κ1) is 19.3. The second-order valence-electron chi connectivity index (χ2n) is 7.09. The summed E-state index contributed by atoms with van der Waals surface area (Å²) in [6, 6.07) is 15.5. The second-order valence-corrected chi connectivity index (χ2v) is 9.36. The van der Waals surface area contributed by atoms with Crippen LogP contribution in [-0.2, 0) is 10.0 Å². The molecule has 0 aliphatic heterocycles. The number of hydrogen-bond acceptors (Lipinski definition) is 2. The first-order valence-corrected chi connectivity index (χ1v) is 10.7. The molecule has 1 unspecified atom stereocenters. The van der Waals surface area contributed by atoms with E-state index in [9.17, 15) is 8.42 Å². The minimum atomic E-state index is -3.31. The topological polar surface area (TPSA) is 50.5 Å². The van der Waals surface area contributed by atoms with Crippen molar-refractivity contribution in [2.24, 2.45) is 0 Å². The van der Waals surface area contributed by atoms with Crippen LogP contribution in [-0.4, -0.2) is 19.7 Å². The Hall–Kier alpha value is -2.42. The summed E-state index contributed by atoms with van der Waals surface area (Å²) in [5, 5.41) is -0.443. The molecule has 0 amide bonds. The standard InChI is InChI=1S/C22H24N2O2S/c1-16(2)27(25,26)24-22-7-5-4-6-21(22)19-10-8-17(9-11-19)18-12-14-20(23-3)15-13-18/h6,8-16,22,24H,4-5,7H2,1-2H3. The van der Waals surface area contributed by atoms with Gasteiger partial charge in [0.25, 0.3) is 0 Å². The van der Waals surface area contributed by atoms with Gasteiger partial charge >= 0.3 is 0 Å². The molecular formula is C22H24N2O2S. The fourth-order valence-corrected chi connectivity index (χ4v) is 4.15. The predicted octanol–water partition coefficient (Wildman–Crippen LogP) is 5.17. The molecular weight excluding hydrogens is 356 g/mol. The van der Waals surface area contributed by atoms with Crippen LogP contribution in [0.1, 0.15) is 38.7 Å². The minimum absolute atomic E-state index is 0.171. The van der Waals surface area contributed by atoms with Crippen molar-refractivity contribution < 1.29 is 8.42 Å². The fraction of sp³-hybridized carbons (Fsp3) is 0.318. The van der Waals surface area contributed by atoms with Crippen LogP contribution in [0.4, 0.5) is 5.69 Å². The third kappa shape index (κ3) is 4.47. The van der Waals surface area contributed by atoms with Crippen molar-refractivity contribution in [1.82, 2.24) is 4.72 Å². The van der Waals surface area contributed by atoms with E-state index in [1.165, 1.54) is 0 Å². The molecule has 0 fully saturated rings. The second kappa shape index (κ2) is 8.08. The van der Waals surface area contributed by atoms with Gasteiger partial charge in [-0.2, -0.15) is 0 Å². The molecule has 0 bridgehead atoms. The summed E-state index contributed by atoms with van der Waals surface area (Å²) in [5.74, 6) is 0. The van der Waals surface area contributed by atoms with Crippen molar-refractivity contribution >= 4 is 21.3 Å². The summed E-state index contributed by atoms with van der Waals surface area (Å²) >= 11 is 0. The van der Waals surface area contributed by atoms with Crippen LogP contribution < -0.4 is 4.72 Å². The first-order valence-electron chi connectivity index (χ1n) is 9.20. The predicted molar refractivity (Wildman–Crippen MR) is 111 cm³/mol. The molecule has 1 aliphatic rings. The summed E-state index contributed by atoms with van der Waals surface area (Å²) in [4.78, 5) is 3.42. The summed E-state index contributed by atoms with van der Waals surface area (Å²) < 4.78 is 27.5. The van der Waals surface area contributed by atoms with E-state index < -0.39 is 15.3 Å². The monoisotopic (exact) mass is 380 g/mol. The van der Waals surface area contributed by atoms with Crippen LogP contribution in [0, 0.1) is 6.57 Å². The maximum Gasteiger partial charge on any atom is 0.214 e. The molecule has 4 nitrogen and oxygen atoms in total. The maximum atomic E-state index is 12.3. The molecule has 5 heteroatoms. The smallest absolute Gasteiger partial charge is 0.214 e. The van der Waals surface area contributed by atoms with E-state index in [1.54, 1.807) is 13.8 Å². The molecule has 140 valence electrons. The summed E-state index contributed by atoms with van der Waals surface area (Å²) in [7, 11) is -3.31. The van der Waals surface area contributed by atoms with Crippen molar-refractivity contribution in [3.05, 3.63) is 71.6 Å². The van der Waals surface area contributed by atoms with Gasteiger partial charge in [0, 0.05) is 6.04 Å². The SMILES string of the molecule is [C-]#[N+]c1ccc(-c2ccc(C3=CCCCC3NS(=O)(=O)C(C)C)cc2)cc1. The quantitative estimate of drug-likeness (QED) is 0.728. The zero-order valence-electron chi connectivity index (χ0n) is 15.6. The highest BCUT2D eigenvalue weighted by Gasteiger charge is 2.26. The number of nitrogens with one attached hydrogen (secondary N) is 1. The Morgan fingerprint density at radius 1 is 1.00 bits per heavy atom. The van der Waals surface area contributed by atoms with Gasteiger partial charge in [-0.25, -0.2) is 18.0 Å². The molecule has 1 aliphatic carbocycles. The zero-order chi connectivity index (χ0) is 19.4. The number of nitrogens with zero attached hydrogens (tertiary/aromatic N) is 1. The molecule has 27 heavy (non-hydrogen) atoms. The van der Waals surface area contributed by atoms with E-state index in [0.29, 0.717) is 5.69 Å². The molecule has 0 aromatic heterocycles. The molecule has 1 N–H and O–H groups in total. The lowest BCUT2D eigenvalue weighted by molar-refractivity contribution is 0.547. The van der Waals surface area contributed by atoms with Gasteiger partial charge in [0.2, 0.25) is 10.0 Å². The van der Waals surface area contributed by atoms with Crippen LogP contribution in [0.25, 0.3) is 21.5 Å². The van der Waals surface area contributed by atoms with Gasteiger partial charge in [-0.1, -0.05) is 54.6 Å². The fourth-order valence-electron chi connectivity index (χ4n) is 3.24. The average Bonchev–Trinajstić information content (AvgIpc) is 2.68. The summed E-state index contributed by atoms with van der Waals surface area (Å²) in [6.07, 6.45) is 4.92.